The molecule has 3 rings (SSSR count). The molecule has 3 aromatic rings. The SMILES string of the molecule is [CH3-].[Ti+4].[c-]1ccccc1.[c-]1ccccc1.[c-]1ccccc1. The van der Waals surface area contributed by atoms with Crippen LogP contribution in [0.3, 0.4) is 0 Å². The van der Waals surface area contributed by atoms with Crippen LogP contribution in [-0.2, 0) is 21.7 Å². The third-order valence-corrected chi connectivity index (χ3v) is 1.82. The minimum Gasteiger partial charge on any atom is -0.358 e. The fraction of sp³-hybridized carbons (Fsp3) is 0. The summed E-state index contributed by atoms with van der Waals surface area (Å²) in [7, 11) is 0. The maximum absolute atomic E-state index is 2.89. The maximum Gasteiger partial charge on any atom is 4.00 e. The molecule has 0 N–H and O–H groups in total. The zero-order chi connectivity index (χ0) is 12.7. The number of hydrogen-bond donors (Lipinski definition) is 0. The molecular weight excluding hydrogens is 276 g/mol. The average molecular weight is 294 g/mol. The van der Waals surface area contributed by atoms with Gasteiger partial charge in [-0.05, 0) is 0 Å². The molecule has 1 heteroatoms. The zero-order valence-electron chi connectivity index (χ0n) is 11.7. The van der Waals surface area contributed by atoms with Crippen molar-refractivity contribution in [3.05, 3.63) is 117 Å². The molecule has 0 bridgehead atoms. The van der Waals surface area contributed by atoms with Crippen LogP contribution >= 0.6 is 0 Å². The van der Waals surface area contributed by atoms with Crippen LogP contribution in [0, 0.1) is 25.6 Å². The normalized spacial score (nSPS) is 7.20. The molecular formula is C19H18Ti. The fourth-order valence-electron chi connectivity index (χ4n) is 1.03. The largest absolute Gasteiger partial charge is 4.00 e. The first-order valence-corrected chi connectivity index (χ1v) is 5.73. The fourth-order valence-corrected chi connectivity index (χ4v) is 1.03. The van der Waals surface area contributed by atoms with E-state index in [-0.39, 0.29) is 29.1 Å². The summed E-state index contributed by atoms with van der Waals surface area (Å²) in [4.78, 5) is 0. The Morgan fingerprint density at radius 2 is 0.550 bits per heavy atom. The second kappa shape index (κ2) is 17.4. The van der Waals surface area contributed by atoms with Crippen LogP contribution in [0.15, 0.2) is 91.0 Å². The summed E-state index contributed by atoms with van der Waals surface area (Å²) in [6, 6.07) is 37.5. The van der Waals surface area contributed by atoms with E-state index < -0.39 is 0 Å². The summed E-state index contributed by atoms with van der Waals surface area (Å²) in [5, 5.41) is 0. The van der Waals surface area contributed by atoms with Crippen LogP contribution in [0.25, 0.3) is 0 Å². The van der Waals surface area contributed by atoms with E-state index in [9.17, 15) is 0 Å². The number of hydrogen-bond acceptors (Lipinski definition) is 0. The van der Waals surface area contributed by atoms with E-state index in [1.807, 2.05) is 91.0 Å². The third kappa shape index (κ3) is 14.4. The molecule has 0 nitrogen and oxygen atoms in total. The van der Waals surface area contributed by atoms with Gasteiger partial charge in [0.15, 0.2) is 0 Å². The first-order chi connectivity index (χ1) is 9.00. The van der Waals surface area contributed by atoms with Gasteiger partial charge in [-0.2, -0.15) is 109 Å². The molecule has 0 amide bonds. The summed E-state index contributed by atoms with van der Waals surface area (Å²) in [6.07, 6.45) is 0. The van der Waals surface area contributed by atoms with Gasteiger partial charge >= 0.3 is 21.7 Å². The van der Waals surface area contributed by atoms with Gasteiger partial charge < -0.3 is 7.43 Å². The predicted molar refractivity (Wildman–Crippen MR) is 82.2 cm³/mol. The first kappa shape index (κ1) is 20.7. The molecule has 0 aromatic heterocycles. The van der Waals surface area contributed by atoms with Crippen molar-refractivity contribution >= 4 is 0 Å². The molecule has 0 unspecified atom stereocenters. The van der Waals surface area contributed by atoms with E-state index in [0.717, 1.165) is 0 Å². The second-order valence-electron chi connectivity index (χ2n) is 3.23. The van der Waals surface area contributed by atoms with Crippen molar-refractivity contribution in [3.63, 3.8) is 0 Å². The summed E-state index contributed by atoms with van der Waals surface area (Å²) in [6.45, 7) is 0. The van der Waals surface area contributed by atoms with E-state index in [0.29, 0.717) is 0 Å². The average Bonchev–Trinajstić information content (AvgIpc) is 2.54. The van der Waals surface area contributed by atoms with Gasteiger partial charge in [-0.1, -0.05) is 0 Å². The summed E-state index contributed by atoms with van der Waals surface area (Å²) in [5.74, 6) is 0. The van der Waals surface area contributed by atoms with Gasteiger partial charge in [0.1, 0.15) is 0 Å². The van der Waals surface area contributed by atoms with Crippen LogP contribution < -0.4 is 0 Å². The Bertz CT molecular complexity index is 297. The quantitative estimate of drug-likeness (QED) is 0.408. The minimum atomic E-state index is 0. The molecule has 0 saturated carbocycles. The molecule has 0 aliphatic carbocycles. The van der Waals surface area contributed by atoms with Crippen molar-refractivity contribution in [2.75, 3.05) is 0 Å². The zero-order valence-corrected chi connectivity index (χ0v) is 13.2. The number of benzene rings is 3. The standard InChI is InChI=1S/3C6H5.CH3.Ti/c3*1-2-4-6-5-3-1;;/h3*1-5H;1H3;/q4*-1;+4. The van der Waals surface area contributed by atoms with Gasteiger partial charge in [-0.15, -0.1) is 0 Å². The Hall–Kier alpha value is -1.63. The summed E-state index contributed by atoms with van der Waals surface area (Å²) < 4.78 is 0. The van der Waals surface area contributed by atoms with Crippen molar-refractivity contribution in [1.82, 2.24) is 0 Å². The van der Waals surface area contributed by atoms with Crippen LogP contribution in [0.4, 0.5) is 0 Å². The van der Waals surface area contributed by atoms with Crippen LogP contribution in [0.1, 0.15) is 0 Å². The Morgan fingerprint density at radius 3 is 0.600 bits per heavy atom. The van der Waals surface area contributed by atoms with E-state index in [4.69, 9.17) is 0 Å². The van der Waals surface area contributed by atoms with Crippen molar-refractivity contribution in [2.45, 2.75) is 0 Å². The molecule has 0 aliphatic rings. The van der Waals surface area contributed by atoms with Crippen molar-refractivity contribution in [2.24, 2.45) is 0 Å². The smallest absolute Gasteiger partial charge is 0.358 e. The maximum atomic E-state index is 2.89. The van der Waals surface area contributed by atoms with Gasteiger partial charge in [0, 0.05) is 0 Å². The van der Waals surface area contributed by atoms with Crippen molar-refractivity contribution in [1.29, 1.82) is 0 Å². The monoisotopic (exact) mass is 294 g/mol. The Kier molecular flexibility index (Phi) is 18.0. The predicted octanol–water partition coefficient (Wildman–Crippen LogP) is 4.91. The van der Waals surface area contributed by atoms with Gasteiger partial charge in [0.05, 0.1) is 0 Å². The molecule has 98 valence electrons. The molecule has 3 aromatic carbocycles. The van der Waals surface area contributed by atoms with Crippen LogP contribution in [0.2, 0.25) is 0 Å². The molecule has 0 spiro atoms. The van der Waals surface area contributed by atoms with Gasteiger partial charge in [-0.25, -0.2) is 0 Å². The van der Waals surface area contributed by atoms with E-state index in [1.165, 1.54) is 0 Å². The van der Waals surface area contributed by atoms with E-state index >= 15 is 0 Å². The van der Waals surface area contributed by atoms with E-state index in [2.05, 4.69) is 18.2 Å². The van der Waals surface area contributed by atoms with E-state index in [1.54, 1.807) is 0 Å². The van der Waals surface area contributed by atoms with Crippen molar-refractivity contribution < 1.29 is 21.7 Å². The van der Waals surface area contributed by atoms with Crippen molar-refractivity contribution in [3.8, 4) is 0 Å². The molecule has 0 heterocycles. The van der Waals surface area contributed by atoms with Crippen LogP contribution in [-0.4, -0.2) is 0 Å². The summed E-state index contributed by atoms with van der Waals surface area (Å²) >= 11 is 0. The second-order valence-corrected chi connectivity index (χ2v) is 3.23. The Morgan fingerprint density at radius 1 is 0.350 bits per heavy atom. The Labute approximate surface area is 138 Å². The molecule has 0 aliphatic heterocycles. The molecule has 20 heavy (non-hydrogen) atoms. The van der Waals surface area contributed by atoms with Gasteiger partial charge in [0.2, 0.25) is 0 Å². The Balaban J connectivity index is 0. The van der Waals surface area contributed by atoms with Gasteiger partial charge in [-0.3, -0.25) is 0 Å². The summed E-state index contributed by atoms with van der Waals surface area (Å²) in [5.41, 5.74) is 0. The number of rotatable bonds is 0. The molecule has 0 radical (unpaired) electrons. The molecule has 0 saturated heterocycles. The third-order valence-electron chi connectivity index (χ3n) is 1.82. The minimum absolute atomic E-state index is 0. The molecule has 0 fully saturated rings. The van der Waals surface area contributed by atoms with Gasteiger partial charge in [0.25, 0.3) is 0 Å². The topological polar surface area (TPSA) is 0 Å². The molecule has 0 atom stereocenters. The first-order valence-electron chi connectivity index (χ1n) is 5.73. The van der Waals surface area contributed by atoms with Crippen LogP contribution in [0.5, 0.6) is 0 Å².